The maximum atomic E-state index is 5.50. The molecule has 17 heavy (non-hydrogen) atoms. The summed E-state index contributed by atoms with van der Waals surface area (Å²) in [6, 6.07) is 10.6. The van der Waals surface area contributed by atoms with E-state index in [4.69, 9.17) is 4.74 Å². The minimum atomic E-state index is -0.0701. The molecule has 98 valence electrons. The average Bonchev–Trinajstić information content (AvgIpc) is 2.32. The Morgan fingerprint density at radius 3 is 1.88 bits per heavy atom. The van der Waals surface area contributed by atoms with Gasteiger partial charge >= 0.3 is 0 Å². The van der Waals surface area contributed by atoms with Crippen LogP contribution in [0.25, 0.3) is 0 Å². The maximum Gasteiger partial charge on any atom is 0.0631 e. The molecular formula is C15H27NO. The molecule has 0 aromatic heterocycles. The molecule has 0 atom stereocenters. The van der Waals surface area contributed by atoms with Crippen LogP contribution >= 0.6 is 0 Å². The molecule has 0 heterocycles. The molecule has 0 fully saturated rings. The molecule has 2 heteroatoms. The third-order valence-electron chi connectivity index (χ3n) is 2.98. The van der Waals surface area contributed by atoms with Crippen molar-refractivity contribution in [3.05, 3.63) is 35.9 Å². The minimum Gasteiger partial charge on any atom is -0.379 e. The number of ether oxygens (including phenoxy) is 1. The molecule has 0 bridgehead atoms. The van der Waals surface area contributed by atoms with Gasteiger partial charge in [0.15, 0.2) is 0 Å². The van der Waals surface area contributed by atoms with E-state index in [-0.39, 0.29) is 11.0 Å². The van der Waals surface area contributed by atoms with E-state index >= 15 is 0 Å². The summed E-state index contributed by atoms with van der Waals surface area (Å²) in [5, 5.41) is 0. The van der Waals surface area contributed by atoms with E-state index in [1.165, 1.54) is 12.6 Å². The summed E-state index contributed by atoms with van der Waals surface area (Å²) >= 11 is 0. The van der Waals surface area contributed by atoms with Crippen LogP contribution in [-0.2, 0) is 10.2 Å². The van der Waals surface area contributed by atoms with E-state index in [0.717, 1.165) is 6.42 Å². The van der Waals surface area contributed by atoms with Gasteiger partial charge in [0.25, 0.3) is 0 Å². The number of hydrogen-bond acceptors (Lipinski definition) is 2. The first-order valence-electron chi connectivity index (χ1n) is 6.06. The zero-order valence-corrected chi connectivity index (χ0v) is 12.1. The summed E-state index contributed by atoms with van der Waals surface area (Å²) in [4.78, 5) is 0. The summed E-state index contributed by atoms with van der Waals surface area (Å²) < 4.78 is 5.50. The highest BCUT2D eigenvalue weighted by atomic mass is 16.5. The Morgan fingerprint density at radius 2 is 1.47 bits per heavy atom. The standard InChI is InChI=1S/C14H22O.CH5N/c1-13(2,11-14(3,4)15-5)12-9-7-6-8-10-12;1-2/h6-10H,11H2,1-5H3;2H2,1H3. The van der Waals surface area contributed by atoms with Crippen molar-refractivity contribution in [3.8, 4) is 0 Å². The van der Waals surface area contributed by atoms with E-state index in [0.29, 0.717) is 0 Å². The van der Waals surface area contributed by atoms with Crippen molar-refractivity contribution >= 4 is 0 Å². The van der Waals surface area contributed by atoms with Crippen LogP contribution in [0.5, 0.6) is 0 Å². The normalized spacial score (nSPS) is 11.7. The largest absolute Gasteiger partial charge is 0.379 e. The van der Waals surface area contributed by atoms with E-state index in [1.807, 2.05) is 0 Å². The van der Waals surface area contributed by atoms with Gasteiger partial charge in [-0.05, 0) is 38.3 Å². The first-order valence-corrected chi connectivity index (χ1v) is 6.06. The zero-order valence-electron chi connectivity index (χ0n) is 12.1. The van der Waals surface area contributed by atoms with E-state index < -0.39 is 0 Å². The predicted molar refractivity (Wildman–Crippen MR) is 75.3 cm³/mol. The lowest BCUT2D eigenvalue weighted by Gasteiger charge is -2.34. The molecule has 0 aliphatic rings. The molecule has 0 spiro atoms. The van der Waals surface area contributed by atoms with Gasteiger partial charge in [0.2, 0.25) is 0 Å². The third-order valence-corrected chi connectivity index (χ3v) is 2.98. The number of hydrogen-bond donors (Lipinski definition) is 1. The molecule has 2 N–H and O–H groups in total. The van der Waals surface area contributed by atoms with Gasteiger partial charge in [-0.2, -0.15) is 0 Å². The van der Waals surface area contributed by atoms with Gasteiger partial charge in [-0.15, -0.1) is 0 Å². The van der Waals surface area contributed by atoms with Gasteiger partial charge in [-0.3, -0.25) is 0 Å². The number of nitrogens with two attached hydrogens (primary N) is 1. The highest BCUT2D eigenvalue weighted by molar-refractivity contribution is 5.23. The zero-order chi connectivity index (χ0) is 13.5. The molecular weight excluding hydrogens is 210 g/mol. The Bertz CT molecular complexity index is 304. The van der Waals surface area contributed by atoms with Crippen LogP contribution < -0.4 is 5.73 Å². The Kier molecular flexibility index (Phi) is 6.43. The van der Waals surface area contributed by atoms with Crippen LogP contribution in [0.2, 0.25) is 0 Å². The van der Waals surface area contributed by atoms with Crippen LogP contribution in [0.4, 0.5) is 0 Å². The summed E-state index contributed by atoms with van der Waals surface area (Å²) in [5.74, 6) is 0. The molecule has 0 saturated carbocycles. The second kappa shape index (κ2) is 6.77. The van der Waals surface area contributed by atoms with Crippen molar-refractivity contribution in [3.63, 3.8) is 0 Å². The molecule has 1 rings (SSSR count). The summed E-state index contributed by atoms with van der Waals surface area (Å²) in [6.07, 6.45) is 1.01. The van der Waals surface area contributed by atoms with Gasteiger partial charge in [-0.1, -0.05) is 44.2 Å². The molecule has 0 aliphatic heterocycles. The summed E-state index contributed by atoms with van der Waals surface area (Å²) in [5.41, 5.74) is 5.95. The Morgan fingerprint density at radius 1 is 1.00 bits per heavy atom. The van der Waals surface area contributed by atoms with Crippen molar-refractivity contribution in [1.29, 1.82) is 0 Å². The Labute approximate surface area is 106 Å². The van der Waals surface area contributed by atoms with E-state index in [1.54, 1.807) is 7.11 Å². The van der Waals surface area contributed by atoms with Crippen LogP contribution in [0, 0.1) is 0 Å². The monoisotopic (exact) mass is 237 g/mol. The Balaban J connectivity index is 0.00000121. The van der Waals surface area contributed by atoms with Gasteiger partial charge < -0.3 is 10.5 Å². The van der Waals surface area contributed by atoms with E-state index in [9.17, 15) is 0 Å². The molecule has 1 aromatic rings. The lowest BCUT2D eigenvalue weighted by atomic mass is 9.76. The van der Waals surface area contributed by atoms with Crippen LogP contribution in [-0.4, -0.2) is 19.8 Å². The SMILES string of the molecule is CN.COC(C)(C)CC(C)(C)c1ccccc1. The smallest absolute Gasteiger partial charge is 0.0631 e. The molecule has 1 aromatic carbocycles. The van der Waals surface area contributed by atoms with Crippen molar-refractivity contribution in [1.82, 2.24) is 0 Å². The topological polar surface area (TPSA) is 35.2 Å². The Hall–Kier alpha value is -0.860. The predicted octanol–water partition coefficient (Wildman–Crippen LogP) is 3.35. The lowest BCUT2D eigenvalue weighted by molar-refractivity contribution is 0.000118. The molecule has 0 saturated heterocycles. The van der Waals surface area contributed by atoms with Crippen LogP contribution in [0.1, 0.15) is 39.7 Å². The molecule has 0 radical (unpaired) electrons. The molecule has 0 unspecified atom stereocenters. The van der Waals surface area contributed by atoms with Crippen LogP contribution in [0.15, 0.2) is 30.3 Å². The molecule has 0 amide bonds. The number of benzene rings is 1. The maximum absolute atomic E-state index is 5.50. The molecule has 2 nitrogen and oxygen atoms in total. The van der Waals surface area contributed by atoms with E-state index in [2.05, 4.69) is 63.8 Å². The first kappa shape index (κ1) is 16.1. The summed E-state index contributed by atoms with van der Waals surface area (Å²) in [6.45, 7) is 8.81. The van der Waals surface area contributed by atoms with Gasteiger partial charge in [0.1, 0.15) is 0 Å². The van der Waals surface area contributed by atoms with Crippen LogP contribution in [0.3, 0.4) is 0 Å². The minimum absolute atomic E-state index is 0.0701. The van der Waals surface area contributed by atoms with Crippen molar-refractivity contribution in [2.75, 3.05) is 14.2 Å². The quantitative estimate of drug-likeness (QED) is 0.871. The third kappa shape index (κ3) is 5.33. The fourth-order valence-electron chi connectivity index (χ4n) is 2.13. The number of rotatable bonds is 4. The average molecular weight is 237 g/mol. The second-order valence-electron chi connectivity index (χ2n) is 5.39. The highest BCUT2D eigenvalue weighted by Gasteiger charge is 2.29. The van der Waals surface area contributed by atoms with Gasteiger partial charge in [0, 0.05) is 7.11 Å². The number of methoxy groups -OCH3 is 1. The second-order valence-corrected chi connectivity index (χ2v) is 5.39. The van der Waals surface area contributed by atoms with Crippen molar-refractivity contribution in [2.45, 2.75) is 45.1 Å². The first-order chi connectivity index (χ1) is 7.87. The lowest BCUT2D eigenvalue weighted by Crippen LogP contribution is -2.32. The summed E-state index contributed by atoms with van der Waals surface area (Å²) in [7, 11) is 3.28. The highest BCUT2D eigenvalue weighted by Crippen LogP contribution is 2.33. The van der Waals surface area contributed by atoms with Crippen molar-refractivity contribution < 1.29 is 4.74 Å². The fraction of sp³-hybridized carbons (Fsp3) is 0.600. The van der Waals surface area contributed by atoms with Gasteiger partial charge in [-0.25, -0.2) is 0 Å². The molecule has 0 aliphatic carbocycles. The van der Waals surface area contributed by atoms with Gasteiger partial charge in [0.05, 0.1) is 5.60 Å². The van der Waals surface area contributed by atoms with Crippen molar-refractivity contribution in [2.24, 2.45) is 5.73 Å². The fourth-order valence-corrected chi connectivity index (χ4v) is 2.13.